The van der Waals surface area contributed by atoms with E-state index in [0.29, 0.717) is 17.3 Å². The zero-order valence-electron chi connectivity index (χ0n) is 13.4. The minimum absolute atomic E-state index is 0. The van der Waals surface area contributed by atoms with Gasteiger partial charge in [-0.2, -0.15) is 0 Å². The van der Waals surface area contributed by atoms with Crippen molar-refractivity contribution in [3.05, 3.63) is 70.7 Å². The van der Waals surface area contributed by atoms with Crippen molar-refractivity contribution in [2.75, 3.05) is 12.3 Å². The van der Waals surface area contributed by atoms with Crippen molar-refractivity contribution < 1.29 is 4.79 Å². The van der Waals surface area contributed by atoms with E-state index >= 15 is 0 Å². The Morgan fingerprint density at radius 2 is 1.71 bits per heavy atom. The molecule has 24 heavy (non-hydrogen) atoms. The van der Waals surface area contributed by atoms with Gasteiger partial charge in [0, 0.05) is 17.6 Å². The molecular weight excluding hydrogens is 363 g/mol. The summed E-state index contributed by atoms with van der Waals surface area (Å²) in [6, 6.07) is 17.9. The lowest BCUT2D eigenvalue weighted by Gasteiger charge is -2.18. The normalized spacial score (nSPS) is 12.8. The van der Waals surface area contributed by atoms with Gasteiger partial charge in [0.1, 0.15) is 0 Å². The number of hydrogen-bond acceptors (Lipinski definition) is 3. The molecule has 0 heterocycles. The van der Waals surface area contributed by atoms with Crippen LogP contribution in [0.5, 0.6) is 0 Å². The number of benzene rings is 2. The zero-order valence-corrected chi connectivity index (χ0v) is 15.8. The fourth-order valence-corrected chi connectivity index (χ4v) is 3.41. The van der Waals surface area contributed by atoms with E-state index in [4.69, 9.17) is 17.3 Å². The Kier molecular flexibility index (Phi) is 9.22. The van der Waals surface area contributed by atoms with Gasteiger partial charge in [-0.3, -0.25) is 4.79 Å². The van der Waals surface area contributed by atoms with Crippen molar-refractivity contribution in [2.45, 2.75) is 18.2 Å². The summed E-state index contributed by atoms with van der Waals surface area (Å²) in [6.45, 7) is 2.34. The van der Waals surface area contributed by atoms with E-state index < -0.39 is 0 Å². The molecule has 0 aliphatic rings. The number of rotatable bonds is 7. The van der Waals surface area contributed by atoms with Crippen LogP contribution in [-0.4, -0.2) is 24.2 Å². The van der Waals surface area contributed by atoms with E-state index in [1.807, 2.05) is 49.4 Å². The zero-order chi connectivity index (χ0) is 16.7. The molecule has 2 rings (SSSR count). The minimum atomic E-state index is -0.00573. The first-order chi connectivity index (χ1) is 11.1. The summed E-state index contributed by atoms with van der Waals surface area (Å²) in [5.74, 6) is 0.384. The Morgan fingerprint density at radius 3 is 2.29 bits per heavy atom. The number of carbonyl (C=O) groups is 1. The number of thioether (sulfide) groups is 1. The first-order valence-corrected chi connectivity index (χ1v) is 8.94. The van der Waals surface area contributed by atoms with Gasteiger partial charge in [0.05, 0.1) is 11.0 Å². The Morgan fingerprint density at radius 1 is 1.12 bits per heavy atom. The fourth-order valence-electron chi connectivity index (χ4n) is 2.18. The summed E-state index contributed by atoms with van der Waals surface area (Å²) in [6.07, 6.45) is 0. The highest BCUT2D eigenvalue weighted by atomic mass is 35.5. The molecule has 0 aromatic heterocycles. The first-order valence-electron chi connectivity index (χ1n) is 7.51. The summed E-state index contributed by atoms with van der Waals surface area (Å²) in [5.41, 5.74) is 7.83. The van der Waals surface area contributed by atoms with Gasteiger partial charge in [-0.15, -0.1) is 24.2 Å². The second-order valence-electron chi connectivity index (χ2n) is 5.36. The third kappa shape index (κ3) is 6.36. The molecule has 1 amide bonds. The van der Waals surface area contributed by atoms with Gasteiger partial charge >= 0.3 is 0 Å². The molecule has 1 unspecified atom stereocenters. The highest BCUT2D eigenvalue weighted by Gasteiger charge is 2.17. The summed E-state index contributed by atoms with van der Waals surface area (Å²) in [5, 5.41) is 3.69. The summed E-state index contributed by atoms with van der Waals surface area (Å²) in [4.78, 5) is 12.0. The number of hydrogen-bond donors (Lipinski definition) is 2. The minimum Gasteiger partial charge on any atom is -0.352 e. The molecule has 0 bridgehead atoms. The number of nitrogens with one attached hydrogen (secondary N) is 1. The molecule has 0 saturated heterocycles. The van der Waals surface area contributed by atoms with Crippen LogP contribution in [0.4, 0.5) is 0 Å². The van der Waals surface area contributed by atoms with Gasteiger partial charge in [-0.25, -0.2) is 0 Å². The Balaban J connectivity index is 0.00000288. The smallest absolute Gasteiger partial charge is 0.230 e. The molecule has 3 N–H and O–H groups in total. The molecule has 2 aromatic rings. The van der Waals surface area contributed by atoms with Gasteiger partial charge in [0.15, 0.2) is 0 Å². The Bertz CT molecular complexity index is 623. The summed E-state index contributed by atoms with van der Waals surface area (Å²) >= 11 is 7.58. The molecule has 0 aliphatic carbocycles. The second-order valence-corrected chi connectivity index (χ2v) is 6.89. The van der Waals surface area contributed by atoms with E-state index in [2.05, 4.69) is 17.4 Å². The average Bonchev–Trinajstić information content (AvgIpc) is 2.57. The van der Waals surface area contributed by atoms with Gasteiger partial charge in [-0.05, 0) is 30.2 Å². The monoisotopic (exact) mass is 384 g/mol. The maximum Gasteiger partial charge on any atom is 0.230 e. The third-order valence-corrected chi connectivity index (χ3v) is 4.98. The topological polar surface area (TPSA) is 55.1 Å². The van der Waals surface area contributed by atoms with Crippen molar-refractivity contribution in [1.29, 1.82) is 0 Å². The van der Waals surface area contributed by atoms with Gasteiger partial charge in [0.2, 0.25) is 5.91 Å². The molecule has 0 spiro atoms. The molecule has 0 fully saturated rings. The SMILES string of the molecule is C[C@@H](CN)NC(=O)CSC(c1ccccc1)c1ccc(Cl)cc1.Cl. The molecule has 130 valence electrons. The van der Waals surface area contributed by atoms with Crippen LogP contribution in [-0.2, 0) is 4.79 Å². The largest absolute Gasteiger partial charge is 0.352 e. The number of carbonyl (C=O) groups excluding carboxylic acids is 1. The van der Waals surface area contributed by atoms with Crippen LogP contribution in [0.2, 0.25) is 5.02 Å². The number of amides is 1. The van der Waals surface area contributed by atoms with Gasteiger partial charge in [0.25, 0.3) is 0 Å². The Hall–Kier alpha value is -1.20. The molecule has 3 nitrogen and oxygen atoms in total. The van der Waals surface area contributed by atoms with Crippen molar-refractivity contribution in [3.63, 3.8) is 0 Å². The molecule has 2 aromatic carbocycles. The molecule has 2 atom stereocenters. The predicted octanol–water partition coefficient (Wildman–Crippen LogP) is 4.05. The fraction of sp³-hybridized carbons (Fsp3) is 0.278. The molecule has 0 aliphatic heterocycles. The van der Waals surface area contributed by atoms with Crippen molar-refractivity contribution in [3.8, 4) is 0 Å². The van der Waals surface area contributed by atoms with E-state index in [0.717, 1.165) is 5.56 Å². The van der Waals surface area contributed by atoms with Crippen LogP contribution >= 0.6 is 35.8 Å². The van der Waals surface area contributed by atoms with Crippen LogP contribution in [0, 0.1) is 0 Å². The average molecular weight is 385 g/mol. The van der Waals surface area contributed by atoms with Crippen molar-refractivity contribution >= 4 is 41.7 Å². The highest BCUT2D eigenvalue weighted by Crippen LogP contribution is 2.35. The van der Waals surface area contributed by atoms with Crippen molar-refractivity contribution in [2.24, 2.45) is 5.73 Å². The first kappa shape index (κ1) is 20.8. The maximum absolute atomic E-state index is 12.0. The molecule has 0 radical (unpaired) electrons. The Labute approximate surface area is 158 Å². The van der Waals surface area contributed by atoms with Crippen LogP contribution < -0.4 is 11.1 Å². The number of nitrogens with two attached hydrogens (primary N) is 1. The number of halogens is 2. The van der Waals surface area contributed by atoms with Crippen LogP contribution in [0.15, 0.2) is 54.6 Å². The van der Waals surface area contributed by atoms with Gasteiger partial charge in [-0.1, -0.05) is 54.1 Å². The predicted molar refractivity (Wildman–Crippen MR) is 106 cm³/mol. The third-order valence-electron chi connectivity index (χ3n) is 3.42. The maximum atomic E-state index is 12.0. The molecular formula is C18H22Cl2N2OS. The molecule has 0 saturated carbocycles. The summed E-state index contributed by atoms with van der Waals surface area (Å²) in [7, 11) is 0. The van der Waals surface area contributed by atoms with E-state index in [1.54, 1.807) is 11.8 Å². The van der Waals surface area contributed by atoms with E-state index in [9.17, 15) is 4.79 Å². The van der Waals surface area contributed by atoms with Crippen molar-refractivity contribution in [1.82, 2.24) is 5.32 Å². The highest BCUT2D eigenvalue weighted by molar-refractivity contribution is 8.00. The quantitative estimate of drug-likeness (QED) is 0.756. The second kappa shape index (κ2) is 10.6. The van der Waals surface area contributed by atoms with Crippen LogP contribution in [0.3, 0.4) is 0 Å². The van der Waals surface area contributed by atoms with Gasteiger partial charge < -0.3 is 11.1 Å². The summed E-state index contributed by atoms with van der Waals surface area (Å²) < 4.78 is 0. The van der Waals surface area contributed by atoms with Crippen LogP contribution in [0.1, 0.15) is 23.3 Å². The molecule has 6 heteroatoms. The lowest BCUT2D eigenvalue weighted by atomic mass is 10.0. The van der Waals surface area contributed by atoms with E-state index in [1.165, 1.54) is 5.56 Å². The van der Waals surface area contributed by atoms with Crippen LogP contribution in [0.25, 0.3) is 0 Å². The lowest BCUT2D eigenvalue weighted by molar-refractivity contribution is -0.119. The standard InChI is InChI=1S/C18H21ClN2OS.ClH/c1-13(11-20)21-17(22)12-23-18(14-5-3-2-4-6-14)15-7-9-16(19)10-8-15;/h2-10,13,18H,11-12,20H2,1H3,(H,21,22);1H/t13-,18?;/m0./s1. The van der Waals surface area contributed by atoms with E-state index in [-0.39, 0.29) is 29.6 Å². The lowest BCUT2D eigenvalue weighted by Crippen LogP contribution is -2.38.